The summed E-state index contributed by atoms with van der Waals surface area (Å²) in [6, 6.07) is 3.82. The van der Waals surface area contributed by atoms with Crippen LogP contribution in [0.3, 0.4) is 0 Å². The molecule has 3 heterocycles. The molecule has 0 saturated carbocycles. The van der Waals surface area contributed by atoms with Crippen molar-refractivity contribution in [1.82, 2.24) is 15.2 Å². The van der Waals surface area contributed by atoms with Crippen molar-refractivity contribution < 1.29 is 14.0 Å². The van der Waals surface area contributed by atoms with Gasteiger partial charge in [-0.25, -0.2) is 4.98 Å². The standard InChI is InChI=1S/C16H20N4O3S/c1-10-2-3-13(23-10)16-19-12(9-24-16)15(22)18-11-4-6-20(7-5-11)8-14(17)21/h2-3,9,11H,4-8H2,1H3,(H2,17,21)(H,18,22). The van der Waals surface area contributed by atoms with Crippen LogP contribution in [0.15, 0.2) is 21.9 Å². The number of rotatable bonds is 5. The van der Waals surface area contributed by atoms with Gasteiger partial charge in [-0.15, -0.1) is 11.3 Å². The Kier molecular flexibility index (Phi) is 4.96. The molecule has 1 aliphatic rings. The largest absolute Gasteiger partial charge is 0.459 e. The number of likely N-dealkylation sites (tertiary alicyclic amines) is 1. The van der Waals surface area contributed by atoms with Gasteiger partial charge in [-0.2, -0.15) is 0 Å². The number of furan rings is 1. The van der Waals surface area contributed by atoms with Crippen LogP contribution >= 0.6 is 11.3 Å². The van der Waals surface area contributed by atoms with E-state index >= 15 is 0 Å². The number of thiazole rings is 1. The van der Waals surface area contributed by atoms with Crippen molar-refractivity contribution in [1.29, 1.82) is 0 Å². The lowest BCUT2D eigenvalue weighted by molar-refractivity contribution is -0.119. The number of nitrogens with zero attached hydrogens (tertiary/aromatic N) is 2. The second-order valence-electron chi connectivity index (χ2n) is 5.94. The second-order valence-corrected chi connectivity index (χ2v) is 6.80. The number of carbonyl (C=O) groups excluding carboxylic acids is 2. The number of nitrogens with two attached hydrogens (primary N) is 1. The Balaban J connectivity index is 1.54. The highest BCUT2D eigenvalue weighted by Gasteiger charge is 2.23. The van der Waals surface area contributed by atoms with Gasteiger partial charge < -0.3 is 15.5 Å². The molecular formula is C16H20N4O3S. The van der Waals surface area contributed by atoms with Crippen LogP contribution in [0.25, 0.3) is 10.8 Å². The maximum atomic E-state index is 12.3. The lowest BCUT2D eigenvalue weighted by atomic mass is 10.0. The lowest BCUT2D eigenvalue weighted by Crippen LogP contribution is -2.46. The Morgan fingerprint density at radius 3 is 2.79 bits per heavy atom. The van der Waals surface area contributed by atoms with E-state index in [-0.39, 0.29) is 24.4 Å². The maximum Gasteiger partial charge on any atom is 0.270 e. The molecule has 8 heteroatoms. The van der Waals surface area contributed by atoms with Gasteiger partial charge >= 0.3 is 0 Å². The first-order valence-corrected chi connectivity index (χ1v) is 8.73. The molecule has 2 aromatic rings. The number of hydrogen-bond donors (Lipinski definition) is 2. The van der Waals surface area contributed by atoms with Gasteiger partial charge in [0.2, 0.25) is 5.91 Å². The predicted molar refractivity (Wildman–Crippen MR) is 90.7 cm³/mol. The molecule has 0 spiro atoms. The van der Waals surface area contributed by atoms with Crippen LogP contribution in [0.2, 0.25) is 0 Å². The van der Waals surface area contributed by atoms with Gasteiger partial charge in [0, 0.05) is 24.5 Å². The summed E-state index contributed by atoms with van der Waals surface area (Å²) < 4.78 is 5.53. The average molecular weight is 348 g/mol. The Hall–Kier alpha value is -2.19. The Morgan fingerprint density at radius 2 is 2.17 bits per heavy atom. The molecule has 24 heavy (non-hydrogen) atoms. The highest BCUT2D eigenvalue weighted by molar-refractivity contribution is 7.13. The summed E-state index contributed by atoms with van der Waals surface area (Å²) in [5, 5.41) is 5.45. The quantitative estimate of drug-likeness (QED) is 0.850. The zero-order valence-corrected chi connectivity index (χ0v) is 14.3. The van der Waals surface area contributed by atoms with E-state index in [0.29, 0.717) is 16.5 Å². The molecule has 1 aliphatic heterocycles. The third-order valence-electron chi connectivity index (χ3n) is 3.99. The topological polar surface area (TPSA) is 101 Å². The van der Waals surface area contributed by atoms with E-state index in [1.165, 1.54) is 11.3 Å². The number of carbonyl (C=O) groups is 2. The molecule has 0 aliphatic carbocycles. The van der Waals surface area contributed by atoms with E-state index in [9.17, 15) is 9.59 Å². The number of primary amides is 1. The SMILES string of the molecule is Cc1ccc(-c2nc(C(=O)NC3CCN(CC(N)=O)CC3)cs2)o1. The number of aryl methyl sites for hydroxylation is 1. The van der Waals surface area contributed by atoms with Gasteiger partial charge in [0.25, 0.3) is 5.91 Å². The van der Waals surface area contributed by atoms with Gasteiger partial charge in [0.1, 0.15) is 11.5 Å². The van der Waals surface area contributed by atoms with Crippen LogP contribution in [0.4, 0.5) is 0 Å². The number of hydrogen-bond acceptors (Lipinski definition) is 6. The van der Waals surface area contributed by atoms with E-state index < -0.39 is 0 Å². The number of aromatic nitrogens is 1. The zero-order valence-electron chi connectivity index (χ0n) is 13.4. The number of nitrogens with one attached hydrogen (secondary N) is 1. The minimum Gasteiger partial charge on any atom is -0.459 e. The summed E-state index contributed by atoms with van der Waals surface area (Å²) in [5.41, 5.74) is 5.61. The molecule has 2 aromatic heterocycles. The maximum absolute atomic E-state index is 12.3. The van der Waals surface area contributed by atoms with Crippen molar-refractivity contribution in [3.05, 3.63) is 29.0 Å². The molecule has 3 rings (SSSR count). The summed E-state index contributed by atoms with van der Waals surface area (Å²) in [5.74, 6) is 1.00. The highest BCUT2D eigenvalue weighted by Crippen LogP contribution is 2.25. The van der Waals surface area contributed by atoms with Gasteiger partial charge in [-0.3, -0.25) is 14.5 Å². The summed E-state index contributed by atoms with van der Waals surface area (Å²) in [7, 11) is 0. The molecule has 1 saturated heterocycles. The summed E-state index contributed by atoms with van der Waals surface area (Å²) in [6.07, 6.45) is 1.60. The summed E-state index contributed by atoms with van der Waals surface area (Å²) in [4.78, 5) is 29.6. The normalized spacial score (nSPS) is 16.2. The Morgan fingerprint density at radius 1 is 1.42 bits per heavy atom. The van der Waals surface area contributed by atoms with E-state index in [0.717, 1.165) is 31.7 Å². The van der Waals surface area contributed by atoms with Crippen molar-refractivity contribution in [2.24, 2.45) is 5.73 Å². The Labute approximate surface area is 143 Å². The van der Waals surface area contributed by atoms with Crippen molar-refractivity contribution >= 4 is 23.2 Å². The number of amides is 2. The summed E-state index contributed by atoms with van der Waals surface area (Å²) >= 11 is 1.39. The molecule has 1 fully saturated rings. The molecular weight excluding hydrogens is 328 g/mol. The molecule has 0 aromatic carbocycles. The van der Waals surface area contributed by atoms with Crippen LogP contribution in [0, 0.1) is 6.92 Å². The lowest BCUT2D eigenvalue weighted by Gasteiger charge is -2.31. The first-order chi connectivity index (χ1) is 11.5. The molecule has 3 N–H and O–H groups in total. The minimum atomic E-state index is -0.319. The van der Waals surface area contributed by atoms with E-state index in [1.54, 1.807) is 5.38 Å². The zero-order chi connectivity index (χ0) is 17.1. The van der Waals surface area contributed by atoms with E-state index in [2.05, 4.69) is 10.3 Å². The van der Waals surface area contributed by atoms with Crippen LogP contribution in [-0.2, 0) is 4.79 Å². The van der Waals surface area contributed by atoms with E-state index in [1.807, 2.05) is 24.0 Å². The van der Waals surface area contributed by atoms with Crippen LogP contribution in [-0.4, -0.2) is 47.4 Å². The van der Waals surface area contributed by atoms with E-state index in [4.69, 9.17) is 10.2 Å². The third kappa shape index (κ3) is 4.01. The molecule has 2 amide bonds. The fraction of sp³-hybridized carbons (Fsp3) is 0.438. The van der Waals surface area contributed by atoms with Crippen molar-refractivity contribution in [2.75, 3.05) is 19.6 Å². The fourth-order valence-corrected chi connectivity index (χ4v) is 3.52. The van der Waals surface area contributed by atoms with Gasteiger partial charge in [-0.1, -0.05) is 0 Å². The first kappa shape index (κ1) is 16.7. The smallest absolute Gasteiger partial charge is 0.270 e. The van der Waals surface area contributed by atoms with Crippen molar-refractivity contribution in [2.45, 2.75) is 25.8 Å². The predicted octanol–water partition coefficient (Wildman–Crippen LogP) is 1.39. The monoisotopic (exact) mass is 348 g/mol. The van der Waals surface area contributed by atoms with Gasteiger partial charge in [0.05, 0.1) is 6.54 Å². The molecule has 7 nitrogen and oxygen atoms in total. The molecule has 0 atom stereocenters. The van der Waals surface area contributed by atoms with Crippen molar-refractivity contribution in [3.63, 3.8) is 0 Å². The number of piperidine rings is 1. The molecule has 0 radical (unpaired) electrons. The second kappa shape index (κ2) is 7.14. The molecule has 128 valence electrons. The van der Waals surface area contributed by atoms with Crippen LogP contribution in [0.1, 0.15) is 29.1 Å². The minimum absolute atomic E-state index is 0.0950. The third-order valence-corrected chi connectivity index (χ3v) is 4.85. The first-order valence-electron chi connectivity index (χ1n) is 7.85. The molecule has 0 unspecified atom stereocenters. The fourth-order valence-electron chi connectivity index (χ4n) is 2.76. The van der Waals surface area contributed by atoms with Crippen LogP contribution < -0.4 is 11.1 Å². The Bertz CT molecular complexity index is 731. The van der Waals surface area contributed by atoms with Crippen molar-refractivity contribution in [3.8, 4) is 10.8 Å². The van der Waals surface area contributed by atoms with Crippen LogP contribution in [0.5, 0.6) is 0 Å². The highest BCUT2D eigenvalue weighted by atomic mass is 32.1. The van der Waals surface area contributed by atoms with Gasteiger partial charge in [0.15, 0.2) is 10.8 Å². The summed E-state index contributed by atoms with van der Waals surface area (Å²) in [6.45, 7) is 3.65. The average Bonchev–Trinajstić information content (AvgIpc) is 3.17. The molecule has 0 bridgehead atoms. The van der Waals surface area contributed by atoms with Gasteiger partial charge in [-0.05, 0) is 31.9 Å².